The second-order valence-electron chi connectivity index (χ2n) is 10.0. The lowest BCUT2D eigenvalue weighted by atomic mass is 10.1. The number of nitrogens with zero attached hydrogens (tertiary/aromatic N) is 5. The zero-order valence-corrected chi connectivity index (χ0v) is 23.2. The largest absolute Gasteiger partial charge is 0.478 e. The zero-order valence-electron chi connectivity index (χ0n) is 22.5. The van der Waals surface area contributed by atoms with Gasteiger partial charge >= 0.3 is 5.97 Å². The van der Waals surface area contributed by atoms with Gasteiger partial charge in [0.25, 0.3) is 5.56 Å². The average molecular weight is 590 g/mol. The van der Waals surface area contributed by atoms with Gasteiger partial charge in [-0.25, -0.2) is 23.8 Å². The Morgan fingerprint density at radius 3 is 2.74 bits per heavy atom. The van der Waals surface area contributed by atoms with Gasteiger partial charge in [0.15, 0.2) is 0 Å². The van der Waals surface area contributed by atoms with Crippen molar-refractivity contribution in [3.8, 4) is 17.1 Å². The number of aromatic carboxylic acids is 1. The molecule has 5 aromatic rings. The number of pyridine rings is 1. The van der Waals surface area contributed by atoms with Crippen molar-refractivity contribution in [3.63, 3.8) is 0 Å². The molecular weight excluding hydrogens is 565 g/mol. The molecular formula is C30H25ClFN5O5. The van der Waals surface area contributed by atoms with Crippen molar-refractivity contribution in [2.75, 3.05) is 6.61 Å². The highest BCUT2D eigenvalue weighted by Crippen LogP contribution is 2.26. The van der Waals surface area contributed by atoms with Crippen molar-refractivity contribution >= 4 is 28.6 Å². The highest BCUT2D eigenvalue weighted by molar-refractivity contribution is 6.30. The van der Waals surface area contributed by atoms with E-state index in [0.717, 1.165) is 12.0 Å². The minimum absolute atomic E-state index is 0.0150. The summed E-state index contributed by atoms with van der Waals surface area (Å²) in [6.45, 7) is 3.00. The maximum Gasteiger partial charge on any atom is 0.335 e. The predicted octanol–water partition coefficient (Wildman–Crippen LogP) is 4.87. The summed E-state index contributed by atoms with van der Waals surface area (Å²) < 4.78 is 28.6. The van der Waals surface area contributed by atoms with E-state index in [1.165, 1.54) is 23.0 Å². The van der Waals surface area contributed by atoms with Crippen molar-refractivity contribution in [1.82, 2.24) is 24.3 Å². The summed E-state index contributed by atoms with van der Waals surface area (Å²) >= 11 is 5.81. The zero-order chi connectivity index (χ0) is 29.4. The van der Waals surface area contributed by atoms with Crippen LogP contribution < -0.4 is 10.3 Å². The number of aryl methyl sites for hydroxylation is 1. The Morgan fingerprint density at radius 1 is 1.19 bits per heavy atom. The summed E-state index contributed by atoms with van der Waals surface area (Å²) in [5.74, 6) is -0.675. The first-order chi connectivity index (χ1) is 20.2. The van der Waals surface area contributed by atoms with Crippen LogP contribution in [0.5, 0.6) is 5.88 Å². The molecule has 1 atom stereocenters. The molecule has 0 aliphatic carbocycles. The molecule has 1 aliphatic heterocycles. The molecule has 0 amide bonds. The SMILES string of the molecule is Cc1cc(C(=O)O)cc2c1nc(Cn1ncc(-c3cccc(OCc4ccc(Cl)cc4F)n3)cc1=O)n2CC1CCO1. The van der Waals surface area contributed by atoms with Gasteiger partial charge in [-0.2, -0.15) is 5.10 Å². The first kappa shape index (κ1) is 27.6. The van der Waals surface area contributed by atoms with Gasteiger partial charge in [-0.05, 0) is 49.2 Å². The summed E-state index contributed by atoms with van der Waals surface area (Å²) in [6.07, 6.45) is 2.40. The summed E-state index contributed by atoms with van der Waals surface area (Å²) in [7, 11) is 0. The molecule has 10 nitrogen and oxygen atoms in total. The smallest absolute Gasteiger partial charge is 0.335 e. The van der Waals surface area contributed by atoms with E-state index in [0.29, 0.717) is 51.9 Å². The molecule has 1 unspecified atom stereocenters. The van der Waals surface area contributed by atoms with Gasteiger partial charge in [0.05, 0.1) is 41.1 Å². The van der Waals surface area contributed by atoms with Crippen molar-refractivity contribution in [2.45, 2.75) is 39.1 Å². The number of ether oxygens (including phenoxy) is 2. The lowest BCUT2D eigenvalue weighted by Crippen LogP contribution is -2.32. The fraction of sp³-hybridized carbons (Fsp3) is 0.233. The number of benzene rings is 2. The summed E-state index contributed by atoms with van der Waals surface area (Å²) in [5, 5.41) is 14.2. The molecule has 42 heavy (non-hydrogen) atoms. The number of hydrogen-bond acceptors (Lipinski definition) is 7. The third-order valence-corrected chi connectivity index (χ3v) is 7.36. The minimum Gasteiger partial charge on any atom is -0.478 e. The number of fused-ring (bicyclic) bond motifs is 1. The van der Waals surface area contributed by atoms with Crippen LogP contribution in [0.1, 0.15) is 33.7 Å². The van der Waals surface area contributed by atoms with Crippen LogP contribution in [-0.2, 0) is 24.4 Å². The van der Waals surface area contributed by atoms with Gasteiger partial charge in [0.2, 0.25) is 5.88 Å². The summed E-state index contributed by atoms with van der Waals surface area (Å²) in [5.41, 5.74) is 3.14. The van der Waals surface area contributed by atoms with Gasteiger partial charge in [-0.15, -0.1) is 0 Å². The molecule has 0 bridgehead atoms. The van der Waals surface area contributed by atoms with Gasteiger partial charge in [0.1, 0.15) is 24.8 Å². The first-order valence-corrected chi connectivity index (χ1v) is 13.6. The van der Waals surface area contributed by atoms with Gasteiger partial charge in [0, 0.05) is 34.9 Å². The third kappa shape index (κ3) is 5.61. The number of hydrogen-bond donors (Lipinski definition) is 1. The van der Waals surface area contributed by atoms with Crippen molar-refractivity contribution in [3.05, 3.63) is 105 Å². The normalized spacial score (nSPS) is 14.6. The molecule has 1 fully saturated rings. The van der Waals surface area contributed by atoms with E-state index in [1.54, 1.807) is 42.5 Å². The maximum absolute atomic E-state index is 14.1. The Hall–Kier alpha value is -4.61. The van der Waals surface area contributed by atoms with E-state index in [4.69, 9.17) is 26.1 Å². The quantitative estimate of drug-likeness (QED) is 0.258. The monoisotopic (exact) mass is 589 g/mol. The van der Waals surface area contributed by atoms with Crippen LogP contribution in [0, 0.1) is 12.7 Å². The first-order valence-electron chi connectivity index (χ1n) is 13.2. The minimum atomic E-state index is -1.03. The van der Waals surface area contributed by atoms with E-state index >= 15 is 0 Å². The van der Waals surface area contributed by atoms with Crippen LogP contribution >= 0.6 is 11.6 Å². The lowest BCUT2D eigenvalue weighted by Gasteiger charge is -2.27. The van der Waals surface area contributed by atoms with Crippen molar-refractivity contribution < 1.29 is 23.8 Å². The number of carboxylic acids is 1. The number of carboxylic acid groups (broad SMARTS) is 1. The number of aromatic nitrogens is 5. The van der Waals surface area contributed by atoms with E-state index in [9.17, 15) is 19.1 Å². The second-order valence-corrected chi connectivity index (χ2v) is 10.4. The van der Waals surface area contributed by atoms with E-state index in [1.807, 2.05) is 11.5 Å². The molecule has 3 aromatic heterocycles. The van der Waals surface area contributed by atoms with Crippen molar-refractivity contribution in [1.29, 1.82) is 0 Å². The molecule has 0 radical (unpaired) electrons. The van der Waals surface area contributed by atoms with Crippen LogP contribution in [0.25, 0.3) is 22.3 Å². The molecule has 0 spiro atoms. The average Bonchev–Trinajstić information content (AvgIpc) is 3.28. The fourth-order valence-electron chi connectivity index (χ4n) is 4.79. The molecule has 1 saturated heterocycles. The molecule has 214 valence electrons. The number of imidazole rings is 1. The molecule has 1 aliphatic rings. The summed E-state index contributed by atoms with van der Waals surface area (Å²) in [4.78, 5) is 34.1. The van der Waals surface area contributed by atoms with Crippen LogP contribution in [-0.4, -0.2) is 48.1 Å². The van der Waals surface area contributed by atoms with Crippen LogP contribution in [0.2, 0.25) is 5.02 Å². The van der Waals surface area contributed by atoms with E-state index in [-0.39, 0.29) is 36.3 Å². The Labute approximate surface area is 243 Å². The maximum atomic E-state index is 14.1. The van der Waals surface area contributed by atoms with Gasteiger partial charge in [-0.1, -0.05) is 23.7 Å². The van der Waals surface area contributed by atoms with Gasteiger partial charge in [-0.3, -0.25) is 4.79 Å². The Bertz CT molecular complexity index is 1880. The second kappa shape index (κ2) is 11.3. The molecule has 6 rings (SSSR count). The topological polar surface area (TPSA) is 121 Å². The van der Waals surface area contributed by atoms with Crippen LogP contribution in [0.15, 0.2) is 65.6 Å². The highest BCUT2D eigenvalue weighted by atomic mass is 35.5. The number of rotatable bonds is 9. The van der Waals surface area contributed by atoms with Crippen LogP contribution in [0.3, 0.4) is 0 Å². The third-order valence-electron chi connectivity index (χ3n) is 7.12. The Morgan fingerprint density at radius 2 is 2.02 bits per heavy atom. The van der Waals surface area contributed by atoms with Gasteiger partial charge < -0.3 is 19.1 Å². The molecule has 4 heterocycles. The Kier molecular flexibility index (Phi) is 7.44. The lowest BCUT2D eigenvalue weighted by molar-refractivity contribution is -0.0590. The highest BCUT2D eigenvalue weighted by Gasteiger charge is 2.23. The molecule has 2 aromatic carbocycles. The number of carbonyl (C=O) groups is 1. The fourth-order valence-corrected chi connectivity index (χ4v) is 4.95. The standard InChI is InChI=1S/C30H25ClFN5O5/c1-17-9-19(30(39)40)10-25-29(17)35-26(36(25)14-22-7-8-41-22)15-37-28(38)11-20(13-33-37)24-3-2-4-27(34-24)42-16-18-5-6-21(31)12-23(18)32/h2-6,9-13,22H,7-8,14-16H2,1H3,(H,39,40). The van der Waals surface area contributed by atoms with E-state index in [2.05, 4.69) is 10.1 Å². The van der Waals surface area contributed by atoms with Crippen LogP contribution in [0.4, 0.5) is 4.39 Å². The predicted molar refractivity (Wildman–Crippen MR) is 152 cm³/mol. The molecule has 1 N–H and O–H groups in total. The molecule has 12 heteroatoms. The Balaban J connectivity index is 1.26. The van der Waals surface area contributed by atoms with E-state index < -0.39 is 11.8 Å². The summed E-state index contributed by atoms with van der Waals surface area (Å²) in [6, 6.07) is 14.0. The number of halogens is 2. The van der Waals surface area contributed by atoms with Crippen molar-refractivity contribution in [2.24, 2.45) is 0 Å². The molecule has 0 saturated carbocycles.